The first kappa shape index (κ1) is 13.7. The second-order valence-electron chi connectivity index (χ2n) is 4.55. The number of aromatic nitrogens is 4. The van der Waals surface area contributed by atoms with E-state index >= 15 is 0 Å². The number of hydrogen-bond acceptors (Lipinski definition) is 4. The summed E-state index contributed by atoms with van der Waals surface area (Å²) in [6.45, 7) is 1.80. The lowest BCUT2D eigenvalue weighted by Gasteiger charge is -2.09. The van der Waals surface area contributed by atoms with Crippen molar-refractivity contribution in [1.29, 1.82) is 0 Å². The van der Waals surface area contributed by atoms with Gasteiger partial charge in [-0.2, -0.15) is 4.68 Å². The van der Waals surface area contributed by atoms with Gasteiger partial charge in [0.2, 0.25) is 0 Å². The van der Waals surface area contributed by atoms with E-state index in [1.54, 1.807) is 23.7 Å². The molecular formula is C14H11BrFN5. The smallest absolute Gasteiger partial charge is 0.188 e. The summed E-state index contributed by atoms with van der Waals surface area (Å²) in [6, 6.07) is 9.93. The fraction of sp³-hybridized carbons (Fsp3) is 0.0714. The van der Waals surface area contributed by atoms with Crippen LogP contribution in [0.1, 0.15) is 5.56 Å². The van der Waals surface area contributed by atoms with Crippen LogP contribution < -0.4 is 5.73 Å². The summed E-state index contributed by atoms with van der Waals surface area (Å²) in [5.74, 6) is 0.236. The van der Waals surface area contributed by atoms with Crippen molar-refractivity contribution in [2.24, 2.45) is 0 Å². The molecule has 0 unspecified atom stereocenters. The van der Waals surface area contributed by atoms with E-state index in [2.05, 4.69) is 31.5 Å². The van der Waals surface area contributed by atoms with Gasteiger partial charge in [-0.3, -0.25) is 0 Å². The van der Waals surface area contributed by atoms with Gasteiger partial charge >= 0.3 is 0 Å². The maximum atomic E-state index is 13.2. The van der Waals surface area contributed by atoms with Gasteiger partial charge < -0.3 is 5.73 Å². The molecule has 3 aromatic rings. The summed E-state index contributed by atoms with van der Waals surface area (Å²) >= 11 is 3.44. The number of rotatable bonds is 2. The van der Waals surface area contributed by atoms with Gasteiger partial charge in [0.05, 0.1) is 10.2 Å². The van der Waals surface area contributed by atoms with Gasteiger partial charge in [-0.25, -0.2) is 4.39 Å². The van der Waals surface area contributed by atoms with E-state index in [1.807, 2.05) is 12.1 Å². The Morgan fingerprint density at radius 3 is 2.81 bits per heavy atom. The number of aryl methyl sites for hydroxylation is 1. The van der Waals surface area contributed by atoms with Crippen LogP contribution in [0.5, 0.6) is 0 Å². The minimum absolute atomic E-state index is 0.295. The van der Waals surface area contributed by atoms with Gasteiger partial charge in [-0.05, 0) is 69.2 Å². The molecular weight excluding hydrogens is 337 g/mol. The van der Waals surface area contributed by atoms with E-state index in [0.717, 1.165) is 15.6 Å². The van der Waals surface area contributed by atoms with Crippen molar-refractivity contribution >= 4 is 21.6 Å². The number of benzene rings is 2. The number of anilines is 1. The molecule has 0 bridgehead atoms. The largest absolute Gasteiger partial charge is 0.398 e. The number of nitrogens with zero attached hydrogens (tertiary/aromatic N) is 4. The highest BCUT2D eigenvalue weighted by Gasteiger charge is 2.16. The molecule has 0 spiro atoms. The van der Waals surface area contributed by atoms with Crippen molar-refractivity contribution in [1.82, 2.24) is 20.2 Å². The maximum absolute atomic E-state index is 13.2. The highest BCUT2D eigenvalue weighted by molar-refractivity contribution is 9.10. The molecule has 0 saturated carbocycles. The van der Waals surface area contributed by atoms with E-state index in [1.165, 1.54) is 12.1 Å². The van der Waals surface area contributed by atoms with Gasteiger partial charge in [-0.15, -0.1) is 5.10 Å². The Hall–Kier alpha value is -2.28. The molecule has 0 aliphatic heterocycles. The molecule has 0 fully saturated rings. The average Bonchev–Trinajstić information content (AvgIpc) is 2.91. The van der Waals surface area contributed by atoms with E-state index in [-0.39, 0.29) is 5.82 Å². The Kier molecular flexibility index (Phi) is 3.42. The summed E-state index contributed by atoms with van der Waals surface area (Å²) in [4.78, 5) is 0. The zero-order valence-corrected chi connectivity index (χ0v) is 12.7. The summed E-state index contributed by atoms with van der Waals surface area (Å²) < 4.78 is 15.5. The van der Waals surface area contributed by atoms with Crippen molar-refractivity contribution in [3.8, 4) is 17.1 Å². The standard InChI is InChI=1S/C14H11BrFN5/c1-8-7-9(16)5-6-12(8)21-14(18-19-20-21)10-3-2-4-11(17)13(10)15/h2-7H,17H2,1H3. The van der Waals surface area contributed by atoms with Gasteiger partial charge in [0.1, 0.15) is 5.82 Å². The Balaban J connectivity index is 2.20. The normalized spacial score (nSPS) is 10.8. The van der Waals surface area contributed by atoms with Gasteiger partial charge in [0.25, 0.3) is 0 Å². The lowest BCUT2D eigenvalue weighted by molar-refractivity contribution is 0.625. The number of nitrogens with two attached hydrogens (primary N) is 1. The molecule has 7 heteroatoms. The molecule has 0 aliphatic rings. The molecule has 0 aliphatic carbocycles. The third-order valence-corrected chi connectivity index (χ3v) is 4.01. The first-order valence-corrected chi connectivity index (χ1v) is 6.96. The monoisotopic (exact) mass is 347 g/mol. The zero-order valence-electron chi connectivity index (χ0n) is 11.1. The summed E-state index contributed by atoms with van der Waals surface area (Å²) in [5, 5.41) is 11.8. The molecule has 21 heavy (non-hydrogen) atoms. The van der Waals surface area contributed by atoms with Crippen LogP contribution in [0, 0.1) is 12.7 Å². The molecule has 2 N–H and O–H groups in total. The van der Waals surface area contributed by atoms with E-state index in [4.69, 9.17) is 5.73 Å². The SMILES string of the molecule is Cc1cc(F)ccc1-n1nnnc1-c1cccc(N)c1Br. The van der Waals surface area contributed by atoms with Gasteiger partial charge in [0, 0.05) is 11.3 Å². The minimum Gasteiger partial charge on any atom is -0.398 e. The molecule has 3 rings (SSSR count). The maximum Gasteiger partial charge on any atom is 0.188 e. The van der Waals surface area contributed by atoms with Crippen molar-refractivity contribution in [2.45, 2.75) is 6.92 Å². The van der Waals surface area contributed by atoms with Crippen LogP contribution in [0.3, 0.4) is 0 Å². The van der Waals surface area contributed by atoms with Crippen LogP contribution in [0.15, 0.2) is 40.9 Å². The first-order chi connectivity index (χ1) is 10.1. The van der Waals surface area contributed by atoms with Gasteiger partial charge in [0.15, 0.2) is 5.82 Å². The van der Waals surface area contributed by atoms with E-state index < -0.39 is 0 Å². The topological polar surface area (TPSA) is 69.6 Å². The minimum atomic E-state index is -0.295. The fourth-order valence-electron chi connectivity index (χ4n) is 2.10. The van der Waals surface area contributed by atoms with Crippen LogP contribution >= 0.6 is 15.9 Å². The molecule has 2 aromatic carbocycles. The summed E-state index contributed by atoms with van der Waals surface area (Å²) in [6.07, 6.45) is 0. The van der Waals surface area contributed by atoms with Crippen molar-refractivity contribution in [3.63, 3.8) is 0 Å². The lowest BCUT2D eigenvalue weighted by atomic mass is 10.1. The summed E-state index contributed by atoms with van der Waals surface area (Å²) in [5.41, 5.74) is 8.71. The second-order valence-corrected chi connectivity index (χ2v) is 5.35. The third-order valence-electron chi connectivity index (χ3n) is 3.13. The van der Waals surface area contributed by atoms with E-state index in [9.17, 15) is 4.39 Å². The molecule has 0 amide bonds. The third kappa shape index (κ3) is 2.40. The predicted molar refractivity (Wildman–Crippen MR) is 81.4 cm³/mol. The van der Waals surface area contributed by atoms with Crippen molar-refractivity contribution < 1.29 is 4.39 Å². The zero-order chi connectivity index (χ0) is 15.0. The van der Waals surface area contributed by atoms with Crippen LogP contribution in [-0.2, 0) is 0 Å². The van der Waals surface area contributed by atoms with Crippen LogP contribution in [0.2, 0.25) is 0 Å². The molecule has 5 nitrogen and oxygen atoms in total. The molecule has 0 radical (unpaired) electrons. The highest BCUT2D eigenvalue weighted by Crippen LogP contribution is 2.32. The van der Waals surface area contributed by atoms with E-state index in [0.29, 0.717) is 17.2 Å². The Bertz CT molecular complexity index is 815. The van der Waals surface area contributed by atoms with Crippen molar-refractivity contribution in [2.75, 3.05) is 5.73 Å². The molecule has 0 saturated heterocycles. The van der Waals surface area contributed by atoms with Gasteiger partial charge in [-0.1, -0.05) is 6.07 Å². The molecule has 106 valence electrons. The lowest BCUT2D eigenvalue weighted by Crippen LogP contribution is -2.03. The number of tetrazole rings is 1. The second kappa shape index (κ2) is 5.25. The Labute approximate surface area is 128 Å². The quantitative estimate of drug-likeness (QED) is 0.723. The van der Waals surface area contributed by atoms with Crippen LogP contribution in [-0.4, -0.2) is 20.2 Å². The summed E-state index contributed by atoms with van der Waals surface area (Å²) in [7, 11) is 0. The number of nitrogen functional groups attached to an aromatic ring is 1. The number of halogens is 2. The number of hydrogen-bond donors (Lipinski definition) is 1. The average molecular weight is 348 g/mol. The fourth-order valence-corrected chi connectivity index (χ4v) is 2.54. The predicted octanol–water partition coefficient (Wildman–Crippen LogP) is 3.12. The Morgan fingerprint density at radius 1 is 1.24 bits per heavy atom. The Morgan fingerprint density at radius 2 is 2.05 bits per heavy atom. The molecule has 1 aromatic heterocycles. The van der Waals surface area contributed by atoms with Crippen molar-refractivity contribution in [3.05, 3.63) is 52.3 Å². The molecule has 1 heterocycles. The van der Waals surface area contributed by atoms with Crippen LogP contribution in [0.25, 0.3) is 17.1 Å². The molecule has 0 atom stereocenters. The highest BCUT2D eigenvalue weighted by atomic mass is 79.9. The van der Waals surface area contributed by atoms with Crippen LogP contribution in [0.4, 0.5) is 10.1 Å². The first-order valence-electron chi connectivity index (χ1n) is 6.17.